The number of alkyl halides is 2. The number of nitriles is 1. The topological polar surface area (TPSA) is 135 Å². The van der Waals surface area contributed by atoms with Gasteiger partial charge in [0.1, 0.15) is 18.3 Å². The smallest absolute Gasteiger partial charge is 0.347 e. The van der Waals surface area contributed by atoms with E-state index >= 15 is 0 Å². The second-order valence-electron chi connectivity index (χ2n) is 4.86. The van der Waals surface area contributed by atoms with Crippen LogP contribution < -0.4 is 15.6 Å². The van der Waals surface area contributed by atoms with Gasteiger partial charge in [-0.25, -0.2) is 4.98 Å². The molecule has 2 rings (SSSR count). The Hall–Kier alpha value is -3.55. The number of carboxylic acid groups (broad SMARTS) is 1. The van der Waals surface area contributed by atoms with E-state index in [0.717, 1.165) is 18.5 Å². The Morgan fingerprint density at radius 2 is 2.24 bits per heavy atom. The van der Waals surface area contributed by atoms with Crippen molar-refractivity contribution in [2.24, 2.45) is 0 Å². The molecule has 0 atom stereocenters. The van der Waals surface area contributed by atoms with Crippen molar-refractivity contribution in [1.29, 1.82) is 5.26 Å². The van der Waals surface area contributed by atoms with Crippen LogP contribution in [0.15, 0.2) is 35.4 Å². The average Bonchev–Trinajstić information content (AvgIpc) is 2.55. The number of nitrogens with one attached hydrogen (secondary N) is 1. The molecule has 0 bridgehead atoms. The molecule has 0 saturated heterocycles. The standard InChI is InChI=1S/C14H11F2N5O4/c15-14(16,10-3-1-2-4-21(10)25)8-19-12-13(24)20(7-11(22)23)9(5-17)6-18-12/h1-4,6H,7-8H2,(H,18,19)(H,22,23). The number of halogens is 2. The van der Waals surface area contributed by atoms with Crippen LogP contribution in [-0.2, 0) is 17.3 Å². The molecule has 0 aliphatic rings. The van der Waals surface area contributed by atoms with E-state index in [4.69, 9.17) is 10.4 Å². The first-order valence-corrected chi connectivity index (χ1v) is 6.78. The van der Waals surface area contributed by atoms with E-state index in [-0.39, 0.29) is 10.4 Å². The van der Waals surface area contributed by atoms with Crippen molar-refractivity contribution in [3.8, 4) is 6.07 Å². The van der Waals surface area contributed by atoms with Gasteiger partial charge >= 0.3 is 11.9 Å². The summed E-state index contributed by atoms with van der Waals surface area (Å²) < 4.78 is 28.8. The third-order valence-electron chi connectivity index (χ3n) is 3.14. The third-order valence-corrected chi connectivity index (χ3v) is 3.14. The van der Waals surface area contributed by atoms with Crippen molar-refractivity contribution in [2.45, 2.75) is 12.5 Å². The fourth-order valence-electron chi connectivity index (χ4n) is 1.99. The lowest BCUT2D eigenvalue weighted by Crippen LogP contribution is -2.41. The van der Waals surface area contributed by atoms with Crippen LogP contribution in [0.4, 0.5) is 14.6 Å². The van der Waals surface area contributed by atoms with Gasteiger partial charge in [-0.2, -0.15) is 18.8 Å². The van der Waals surface area contributed by atoms with Crippen molar-refractivity contribution in [3.05, 3.63) is 57.5 Å². The Balaban J connectivity index is 2.29. The van der Waals surface area contributed by atoms with Crippen LogP contribution in [0.1, 0.15) is 11.4 Å². The molecule has 130 valence electrons. The van der Waals surface area contributed by atoms with Gasteiger partial charge in [0.05, 0.1) is 12.7 Å². The molecule has 2 heterocycles. The number of carboxylic acids is 1. The van der Waals surface area contributed by atoms with Gasteiger partial charge in [-0.1, -0.05) is 0 Å². The monoisotopic (exact) mass is 351 g/mol. The minimum atomic E-state index is -3.62. The Morgan fingerprint density at radius 1 is 1.52 bits per heavy atom. The highest BCUT2D eigenvalue weighted by atomic mass is 19.3. The SMILES string of the molecule is N#Cc1cnc(NCC(F)(F)c2cccc[n+]2[O-])c(=O)n1CC(=O)O. The lowest BCUT2D eigenvalue weighted by atomic mass is 10.2. The van der Waals surface area contributed by atoms with Gasteiger partial charge in [0.25, 0.3) is 11.3 Å². The maximum atomic E-state index is 14.1. The van der Waals surface area contributed by atoms with E-state index in [1.165, 1.54) is 12.1 Å². The van der Waals surface area contributed by atoms with Crippen LogP contribution in [0.3, 0.4) is 0 Å². The Morgan fingerprint density at radius 3 is 2.84 bits per heavy atom. The molecule has 2 aromatic rings. The van der Waals surface area contributed by atoms with E-state index in [9.17, 15) is 23.6 Å². The fraction of sp³-hybridized carbons (Fsp3) is 0.214. The molecular formula is C14H11F2N5O4. The van der Waals surface area contributed by atoms with Gasteiger partial charge in [0, 0.05) is 12.1 Å². The lowest BCUT2D eigenvalue weighted by molar-refractivity contribution is -0.624. The summed E-state index contributed by atoms with van der Waals surface area (Å²) in [5.74, 6) is -5.58. The highest BCUT2D eigenvalue weighted by Gasteiger charge is 2.39. The van der Waals surface area contributed by atoms with Gasteiger partial charge in [0.2, 0.25) is 0 Å². The fourth-order valence-corrected chi connectivity index (χ4v) is 1.99. The largest absolute Gasteiger partial charge is 0.618 e. The Labute approximate surface area is 139 Å². The van der Waals surface area contributed by atoms with Crippen molar-refractivity contribution in [1.82, 2.24) is 9.55 Å². The summed E-state index contributed by atoms with van der Waals surface area (Å²) in [5, 5.41) is 31.2. The maximum Gasteiger partial charge on any atom is 0.347 e. The summed E-state index contributed by atoms with van der Waals surface area (Å²) in [6.07, 6.45) is 1.80. The van der Waals surface area contributed by atoms with Crippen LogP contribution in [0, 0.1) is 16.5 Å². The minimum Gasteiger partial charge on any atom is -0.618 e. The first-order chi connectivity index (χ1) is 11.8. The number of aliphatic carboxylic acids is 1. The second kappa shape index (κ2) is 6.91. The van der Waals surface area contributed by atoms with Gasteiger partial charge in [-0.05, 0) is 6.07 Å². The molecule has 11 heteroatoms. The molecule has 0 aliphatic carbocycles. The summed E-state index contributed by atoms with van der Waals surface area (Å²) in [4.78, 5) is 26.4. The molecular weight excluding hydrogens is 340 g/mol. The molecule has 0 aromatic carbocycles. The quantitative estimate of drug-likeness (QED) is 0.554. The van der Waals surface area contributed by atoms with E-state index in [1.807, 2.05) is 0 Å². The lowest BCUT2D eigenvalue weighted by Gasteiger charge is -2.16. The highest BCUT2D eigenvalue weighted by Crippen LogP contribution is 2.24. The molecule has 2 aromatic heterocycles. The molecule has 0 spiro atoms. The van der Waals surface area contributed by atoms with Crippen molar-refractivity contribution >= 4 is 11.8 Å². The number of rotatable bonds is 6. The number of pyridine rings is 1. The molecule has 0 unspecified atom stereocenters. The number of anilines is 1. The van der Waals surface area contributed by atoms with E-state index in [2.05, 4.69) is 10.3 Å². The predicted molar refractivity (Wildman–Crippen MR) is 78.6 cm³/mol. The zero-order valence-corrected chi connectivity index (χ0v) is 12.5. The molecule has 0 aliphatic heterocycles. The summed E-state index contributed by atoms with van der Waals surface area (Å²) in [5.41, 5.74) is -2.20. The molecule has 0 amide bonds. The summed E-state index contributed by atoms with van der Waals surface area (Å²) >= 11 is 0. The third kappa shape index (κ3) is 3.86. The summed E-state index contributed by atoms with van der Waals surface area (Å²) in [6, 6.07) is 5.07. The van der Waals surface area contributed by atoms with E-state index < -0.39 is 42.1 Å². The number of aromatic nitrogens is 3. The zero-order chi connectivity index (χ0) is 18.6. The Kier molecular flexibility index (Phi) is 4.92. The van der Waals surface area contributed by atoms with Crippen LogP contribution >= 0.6 is 0 Å². The van der Waals surface area contributed by atoms with Crippen LogP contribution in [-0.4, -0.2) is 27.2 Å². The minimum absolute atomic E-state index is 0.00337. The number of nitrogens with zero attached hydrogens (tertiary/aromatic N) is 4. The highest BCUT2D eigenvalue weighted by molar-refractivity contribution is 5.67. The first kappa shape index (κ1) is 17.8. The molecule has 2 N–H and O–H groups in total. The van der Waals surface area contributed by atoms with Gasteiger partial charge in [-0.15, -0.1) is 0 Å². The van der Waals surface area contributed by atoms with Gasteiger partial charge in [-0.3, -0.25) is 14.2 Å². The zero-order valence-electron chi connectivity index (χ0n) is 12.5. The average molecular weight is 351 g/mol. The predicted octanol–water partition coefficient (Wildman–Crippen LogP) is 0.0369. The second-order valence-corrected chi connectivity index (χ2v) is 4.86. The normalized spacial score (nSPS) is 10.9. The van der Waals surface area contributed by atoms with Crippen LogP contribution in [0.2, 0.25) is 0 Å². The molecule has 0 saturated carbocycles. The molecule has 0 fully saturated rings. The molecule has 25 heavy (non-hydrogen) atoms. The Bertz CT molecular complexity index is 907. The van der Waals surface area contributed by atoms with E-state index in [0.29, 0.717) is 4.57 Å². The van der Waals surface area contributed by atoms with Gasteiger partial charge in [0.15, 0.2) is 12.0 Å². The van der Waals surface area contributed by atoms with E-state index in [1.54, 1.807) is 6.07 Å². The van der Waals surface area contributed by atoms with Crippen molar-refractivity contribution < 1.29 is 23.4 Å². The summed E-state index contributed by atoms with van der Waals surface area (Å²) in [7, 11) is 0. The number of hydrogen-bond donors (Lipinski definition) is 2. The van der Waals surface area contributed by atoms with Gasteiger partial charge < -0.3 is 15.6 Å². The van der Waals surface area contributed by atoms with Crippen LogP contribution in [0.5, 0.6) is 0 Å². The number of hydrogen-bond acceptors (Lipinski definition) is 6. The van der Waals surface area contributed by atoms with Crippen LogP contribution in [0.25, 0.3) is 0 Å². The van der Waals surface area contributed by atoms with Crippen molar-refractivity contribution in [3.63, 3.8) is 0 Å². The maximum absolute atomic E-state index is 14.1. The van der Waals surface area contributed by atoms with Crippen molar-refractivity contribution in [2.75, 3.05) is 11.9 Å². The molecule has 0 radical (unpaired) electrons. The summed E-state index contributed by atoms with van der Waals surface area (Å²) in [6.45, 7) is -1.95. The number of carbonyl (C=O) groups is 1. The first-order valence-electron chi connectivity index (χ1n) is 6.78. The molecule has 9 nitrogen and oxygen atoms in total.